The first-order valence-electron chi connectivity index (χ1n) is 12.0. The maximum absolute atomic E-state index is 12.9. The van der Waals surface area contributed by atoms with Gasteiger partial charge in [-0.25, -0.2) is 4.98 Å². The van der Waals surface area contributed by atoms with Crippen molar-refractivity contribution in [2.75, 3.05) is 49.7 Å². The zero-order valence-corrected chi connectivity index (χ0v) is 20.8. The number of amides is 1. The lowest BCUT2D eigenvalue weighted by molar-refractivity contribution is -0.115. The average Bonchev–Trinajstić information content (AvgIpc) is 3.31. The molecule has 1 amide bonds. The summed E-state index contributed by atoms with van der Waals surface area (Å²) >= 11 is 1.45. The molecule has 1 N–H and O–H groups in total. The second-order valence-corrected chi connectivity index (χ2v) is 9.73. The fourth-order valence-electron chi connectivity index (χ4n) is 4.22. The lowest BCUT2D eigenvalue weighted by Gasteiger charge is -2.28. The number of imidazole rings is 1. The molecule has 1 fully saturated rings. The molecule has 0 unspecified atom stereocenters. The number of aromatic nitrogens is 2. The van der Waals surface area contributed by atoms with Crippen LogP contribution >= 0.6 is 11.8 Å². The number of hydrogen-bond donors (Lipinski definition) is 1. The molecule has 1 saturated heterocycles. The van der Waals surface area contributed by atoms with Crippen LogP contribution in [0.15, 0.2) is 53.8 Å². The molecule has 5 rings (SSSR count). The molecule has 1 atom stereocenters. The summed E-state index contributed by atoms with van der Waals surface area (Å²) in [6, 6.07) is 13.9. The maximum Gasteiger partial charge on any atom is 0.237 e. The Morgan fingerprint density at radius 1 is 1.06 bits per heavy atom. The van der Waals surface area contributed by atoms with Crippen molar-refractivity contribution in [2.45, 2.75) is 30.8 Å². The third-order valence-corrected chi connectivity index (χ3v) is 7.24. The van der Waals surface area contributed by atoms with Crippen LogP contribution < -0.4 is 19.7 Å². The Balaban J connectivity index is 1.24. The number of thioether (sulfide) groups is 1. The van der Waals surface area contributed by atoms with Gasteiger partial charge in [-0.15, -0.1) is 0 Å². The van der Waals surface area contributed by atoms with E-state index in [1.807, 2.05) is 55.6 Å². The van der Waals surface area contributed by atoms with Crippen molar-refractivity contribution in [3.05, 3.63) is 48.7 Å². The fraction of sp³-hybridized carbons (Fsp3) is 0.385. The van der Waals surface area contributed by atoms with Crippen molar-refractivity contribution in [1.29, 1.82) is 0 Å². The predicted octanol–water partition coefficient (Wildman–Crippen LogP) is 4.30. The highest BCUT2D eigenvalue weighted by molar-refractivity contribution is 8.00. The van der Waals surface area contributed by atoms with E-state index in [9.17, 15) is 4.79 Å². The van der Waals surface area contributed by atoms with Gasteiger partial charge in [0.05, 0.1) is 30.4 Å². The van der Waals surface area contributed by atoms with Gasteiger partial charge in [-0.1, -0.05) is 11.8 Å². The molecule has 0 radical (unpaired) electrons. The molecule has 2 aromatic carbocycles. The Kier molecular flexibility index (Phi) is 7.15. The van der Waals surface area contributed by atoms with Gasteiger partial charge < -0.3 is 29.0 Å². The normalized spacial score (nSPS) is 16.1. The van der Waals surface area contributed by atoms with Crippen LogP contribution in [0.25, 0.3) is 11.3 Å². The number of ether oxygens (including phenoxy) is 3. The molecule has 0 aliphatic carbocycles. The lowest BCUT2D eigenvalue weighted by atomic mass is 10.1. The van der Waals surface area contributed by atoms with Crippen molar-refractivity contribution in [3.8, 4) is 22.8 Å². The van der Waals surface area contributed by atoms with Crippen LogP contribution in [-0.4, -0.2) is 60.2 Å². The molecule has 8 nitrogen and oxygen atoms in total. The van der Waals surface area contributed by atoms with E-state index in [2.05, 4.69) is 26.7 Å². The van der Waals surface area contributed by atoms with Gasteiger partial charge in [0.25, 0.3) is 0 Å². The number of carbonyl (C=O) groups is 1. The highest BCUT2D eigenvalue weighted by atomic mass is 32.2. The van der Waals surface area contributed by atoms with Crippen LogP contribution in [0.3, 0.4) is 0 Å². The summed E-state index contributed by atoms with van der Waals surface area (Å²) in [5, 5.41) is 3.53. The second-order valence-electron chi connectivity index (χ2n) is 8.42. The highest BCUT2D eigenvalue weighted by Gasteiger charge is 2.21. The Morgan fingerprint density at radius 2 is 1.80 bits per heavy atom. The SMILES string of the molecule is CCn1c(-c2ccc3c(c2)OCCO3)cnc1S[C@H](C)C(=O)Nc1ccc(N2CCOCC2)cc1. The number of nitrogens with zero attached hydrogens (tertiary/aromatic N) is 3. The zero-order valence-electron chi connectivity index (χ0n) is 20.0. The monoisotopic (exact) mass is 494 g/mol. The standard InChI is InChI=1S/C26H30N4O4S/c1-3-30-22(19-4-9-23-24(16-19)34-15-14-33-23)17-27-26(30)35-18(2)25(31)28-20-5-7-21(8-6-20)29-10-12-32-13-11-29/h4-9,16-18H,3,10-15H2,1-2H3,(H,28,31)/t18-/m1/s1. The Bertz CT molecular complexity index is 1170. The van der Waals surface area contributed by atoms with Gasteiger partial charge >= 0.3 is 0 Å². The molecule has 1 aromatic heterocycles. The van der Waals surface area contributed by atoms with Crippen LogP contribution in [0, 0.1) is 0 Å². The molecule has 3 aromatic rings. The summed E-state index contributed by atoms with van der Waals surface area (Å²) in [5.74, 6) is 1.46. The van der Waals surface area contributed by atoms with Gasteiger partial charge in [0.2, 0.25) is 5.91 Å². The summed E-state index contributed by atoms with van der Waals surface area (Å²) in [6.45, 7) is 9.10. The van der Waals surface area contributed by atoms with Gasteiger partial charge in [0.1, 0.15) is 13.2 Å². The summed E-state index contributed by atoms with van der Waals surface area (Å²) < 4.78 is 18.9. The molecule has 35 heavy (non-hydrogen) atoms. The smallest absolute Gasteiger partial charge is 0.237 e. The third-order valence-electron chi connectivity index (χ3n) is 6.14. The third kappa shape index (κ3) is 5.26. The van der Waals surface area contributed by atoms with E-state index >= 15 is 0 Å². The predicted molar refractivity (Wildman–Crippen MR) is 138 cm³/mol. The highest BCUT2D eigenvalue weighted by Crippen LogP contribution is 2.36. The summed E-state index contributed by atoms with van der Waals surface area (Å²) in [4.78, 5) is 19.8. The van der Waals surface area contributed by atoms with E-state index < -0.39 is 0 Å². The number of hydrogen-bond acceptors (Lipinski definition) is 7. The van der Waals surface area contributed by atoms with E-state index in [1.54, 1.807) is 0 Å². The minimum absolute atomic E-state index is 0.0549. The summed E-state index contributed by atoms with van der Waals surface area (Å²) in [5.41, 5.74) is 3.92. The molecule has 0 saturated carbocycles. The van der Waals surface area contributed by atoms with Crippen LogP contribution in [0.4, 0.5) is 11.4 Å². The lowest BCUT2D eigenvalue weighted by Crippen LogP contribution is -2.36. The van der Waals surface area contributed by atoms with Gasteiger partial charge in [0.15, 0.2) is 16.7 Å². The van der Waals surface area contributed by atoms with Crippen LogP contribution in [0.5, 0.6) is 11.5 Å². The van der Waals surface area contributed by atoms with E-state index in [-0.39, 0.29) is 11.2 Å². The molecule has 184 valence electrons. The molecular formula is C26H30N4O4S. The second kappa shape index (κ2) is 10.6. The number of anilines is 2. The summed E-state index contributed by atoms with van der Waals surface area (Å²) in [7, 11) is 0. The van der Waals surface area contributed by atoms with E-state index in [4.69, 9.17) is 14.2 Å². The fourth-order valence-corrected chi connectivity index (χ4v) is 5.17. The molecule has 0 bridgehead atoms. The molecule has 2 aliphatic rings. The first kappa shape index (κ1) is 23.6. The minimum atomic E-state index is -0.310. The van der Waals surface area contributed by atoms with Crippen molar-refractivity contribution >= 4 is 29.0 Å². The maximum atomic E-state index is 12.9. The van der Waals surface area contributed by atoms with Crippen LogP contribution in [-0.2, 0) is 16.1 Å². The van der Waals surface area contributed by atoms with E-state index in [0.29, 0.717) is 13.2 Å². The average molecular weight is 495 g/mol. The molecule has 0 spiro atoms. The van der Waals surface area contributed by atoms with E-state index in [1.165, 1.54) is 11.8 Å². The van der Waals surface area contributed by atoms with Gasteiger partial charge in [-0.05, 0) is 56.3 Å². The number of carbonyl (C=O) groups excluding carboxylic acids is 1. The van der Waals surface area contributed by atoms with Crippen molar-refractivity contribution in [1.82, 2.24) is 9.55 Å². The molecule has 9 heteroatoms. The van der Waals surface area contributed by atoms with Gasteiger partial charge in [0, 0.05) is 36.6 Å². The van der Waals surface area contributed by atoms with Crippen LogP contribution in [0.2, 0.25) is 0 Å². The van der Waals surface area contributed by atoms with Gasteiger partial charge in [-0.2, -0.15) is 0 Å². The Morgan fingerprint density at radius 3 is 2.54 bits per heavy atom. The van der Waals surface area contributed by atoms with Crippen molar-refractivity contribution in [3.63, 3.8) is 0 Å². The van der Waals surface area contributed by atoms with Gasteiger partial charge in [-0.3, -0.25) is 4.79 Å². The van der Waals surface area contributed by atoms with E-state index in [0.717, 1.165) is 72.1 Å². The number of nitrogens with one attached hydrogen (secondary N) is 1. The van der Waals surface area contributed by atoms with Crippen molar-refractivity contribution in [2.24, 2.45) is 0 Å². The molecule has 2 aliphatic heterocycles. The first-order valence-corrected chi connectivity index (χ1v) is 12.9. The number of benzene rings is 2. The molecular weight excluding hydrogens is 464 g/mol. The molecule has 3 heterocycles. The zero-order chi connectivity index (χ0) is 24.2. The van der Waals surface area contributed by atoms with Crippen LogP contribution in [0.1, 0.15) is 13.8 Å². The number of rotatable bonds is 7. The Hall–Kier alpha value is -3.17. The number of fused-ring (bicyclic) bond motifs is 1. The Labute approximate surface area is 209 Å². The minimum Gasteiger partial charge on any atom is -0.486 e. The summed E-state index contributed by atoms with van der Waals surface area (Å²) in [6.07, 6.45) is 1.85. The topological polar surface area (TPSA) is 77.8 Å². The number of morpholine rings is 1. The largest absolute Gasteiger partial charge is 0.486 e. The quantitative estimate of drug-likeness (QED) is 0.491. The van der Waals surface area contributed by atoms with Crippen molar-refractivity contribution < 1.29 is 19.0 Å². The first-order chi connectivity index (χ1) is 17.1.